The van der Waals surface area contributed by atoms with Gasteiger partial charge in [-0.15, -0.1) is 0 Å². The van der Waals surface area contributed by atoms with Gasteiger partial charge in [0.25, 0.3) is 0 Å². The third-order valence-corrected chi connectivity index (χ3v) is 3.34. The molecule has 3 nitrogen and oxygen atoms in total. The van der Waals surface area contributed by atoms with Crippen molar-refractivity contribution in [3.63, 3.8) is 0 Å². The van der Waals surface area contributed by atoms with Crippen LogP contribution in [0.1, 0.15) is 37.8 Å². The van der Waals surface area contributed by atoms with E-state index in [1.807, 2.05) is 12.4 Å². The van der Waals surface area contributed by atoms with Crippen LogP contribution < -0.4 is 5.73 Å². The van der Waals surface area contributed by atoms with E-state index in [1.54, 1.807) is 0 Å². The summed E-state index contributed by atoms with van der Waals surface area (Å²) in [6.07, 6.45) is 7.27. The van der Waals surface area contributed by atoms with Crippen LogP contribution in [0.25, 0.3) is 0 Å². The minimum atomic E-state index is 0.266. The van der Waals surface area contributed by atoms with Gasteiger partial charge in [-0.3, -0.25) is 9.88 Å². The van der Waals surface area contributed by atoms with Crippen LogP contribution >= 0.6 is 0 Å². The number of likely N-dealkylation sites (tertiary alicyclic amines) is 1. The Labute approximate surface area is 97.7 Å². The van der Waals surface area contributed by atoms with Crippen LogP contribution in [0, 0.1) is 0 Å². The second kappa shape index (κ2) is 5.41. The van der Waals surface area contributed by atoms with E-state index in [2.05, 4.69) is 28.9 Å². The number of piperidine rings is 1. The van der Waals surface area contributed by atoms with Gasteiger partial charge in [0.1, 0.15) is 0 Å². The highest BCUT2D eigenvalue weighted by Crippen LogP contribution is 2.29. The smallest absolute Gasteiger partial charge is 0.0500 e. The standard InChI is InChI=1S/C13H21N3/c1-2-9-16-10-3-4-12(14)13(16)11-5-7-15-8-6-11/h5-8,12-13H,2-4,9-10,14H2,1H3. The molecule has 0 spiro atoms. The molecule has 1 fully saturated rings. The lowest BCUT2D eigenvalue weighted by molar-refractivity contribution is 0.128. The molecule has 0 aliphatic carbocycles. The molecule has 16 heavy (non-hydrogen) atoms. The second-order valence-electron chi connectivity index (χ2n) is 4.57. The van der Waals surface area contributed by atoms with Gasteiger partial charge in [0.05, 0.1) is 0 Å². The van der Waals surface area contributed by atoms with Crippen LogP contribution in [0.2, 0.25) is 0 Å². The lowest BCUT2D eigenvalue weighted by Crippen LogP contribution is -2.46. The molecule has 0 bridgehead atoms. The van der Waals surface area contributed by atoms with Crippen molar-refractivity contribution in [3.05, 3.63) is 30.1 Å². The van der Waals surface area contributed by atoms with E-state index in [0.29, 0.717) is 6.04 Å². The maximum Gasteiger partial charge on any atom is 0.0500 e. The number of rotatable bonds is 3. The molecule has 2 atom stereocenters. The summed E-state index contributed by atoms with van der Waals surface area (Å²) in [5.74, 6) is 0. The average molecular weight is 219 g/mol. The van der Waals surface area contributed by atoms with Crippen molar-refractivity contribution in [1.82, 2.24) is 9.88 Å². The van der Waals surface area contributed by atoms with Crippen LogP contribution in [0.15, 0.2) is 24.5 Å². The molecule has 2 N–H and O–H groups in total. The maximum atomic E-state index is 6.27. The zero-order chi connectivity index (χ0) is 11.4. The maximum absolute atomic E-state index is 6.27. The van der Waals surface area contributed by atoms with E-state index >= 15 is 0 Å². The minimum absolute atomic E-state index is 0.266. The van der Waals surface area contributed by atoms with Gasteiger partial charge in [-0.2, -0.15) is 0 Å². The van der Waals surface area contributed by atoms with Crippen molar-refractivity contribution in [2.75, 3.05) is 13.1 Å². The minimum Gasteiger partial charge on any atom is -0.326 e. The Balaban J connectivity index is 2.19. The lowest BCUT2D eigenvalue weighted by atomic mass is 9.91. The first-order valence-corrected chi connectivity index (χ1v) is 6.22. The highest BCUT2D eigenvalue weighted by molar-refractivity contribution is 5.18. The molecule has 1 aromatic rings. The summed E-state index contributed by atoms with van der Waals surface area (Å²) in [6.45, 7) is 4.54. The van der Waals surface area contributed by atoms with Crippen molar-refractivity contribution in [1.29, 1.82) is 0 Å². The molecule has 1 aliphatic heterocycles. The van der Waals surface area contributed by atoms with Gasteiger partial charge in [-0.1, -0.05) is 6.92 Å². The number of nitrogens with two attached hydrogens (primary N) is 1. The molecule has 3 heteroatoms. The van der Waals surface area contributed by atoms with E-state index in [9.17, 15) is 0 Å². The summed E-state index contributed by atoms with van der Waals surface area (Å²) in [5, 5.41) is 0. The fourth-order valence-corrected chi connectivity index (χ4v) is 2.65. The summed E-state index contributed by atoms with van der Waals surface area (Å²) in [5.41, 5.74) is 7.59. The van der Waals surface area contributed by atoms with E-state index in [0.717, 1.165) is 13.0 Å². The second-order valence-corrected chi connectivity index (χ2v) is 4.57. The zero-order valence-corrected chi connectivity index (χ0v) is 9.97. The molecule has 0 aromatic carbocycles. The summed E-state index contributed by atoms with van der Waals surface area (Å²) in [6, 6.07) is 4.84. The van der Waals surface area contributed by atoms with Gasteiger partial charge < -0.3 is 5.73 Å². The Morgan fingerprint density at radius 2 is 2.19 bits per heavy atom. The van der Waals surface area contributed by atoms with Crippen LogP contribution in [0.4, 0.5) is 0 Å². The van der Waals surface area contributed by atoms with Crippen molar-refractivity contribution < 1.29 is 0 Å². The van der Waals surface area contributed by atoms with E-state index in [1.165, 1.54) is 24.9 Å². The molecule has 0 amide bonds. The predicted octanol–water partition coefficient (Wildman–Crippen LogP) is 1.96. The van der Waals surface area contributed by atoms with Crippen molar-refractivity contribution in [2.24, 2.45) is 5.73 Å². The normalized spacial score (nSPS) is 26.9. The van der Waals surface area contributed by atoms with Crippen molar-refractivity contribution >= 4 is 0 Å². The van der Waals surface area contributed by atoms with Crippen LogP contribution in [-0.4, -0.2) is 29.0 Å². The third-order valence-electron chi connectivity index (χ3n) is 3.34. The molecule has 2 heterocycles. The molecular formula is C13H21N3. The topological polar surface area (TPSA) is 42.1 Å². The number of aromatic nitrogens is 1. The Morgan fingerprint density at radius 1 is 1.44 bits per heavy atom. The summed E-state index contributed by atoms with van der Waals surface area (Å²) < 4.78 is 0. The Kier molecular flexibility index (Phi) is 3.91. The first-order chi connectivity index (χ1) is 7.83. The Bertz CT molecular complexity index is 310. The largest absolute Gasteiger partial charge is 0.326 e. The monoisotopic (exact) mass is 219 g/mol. The average Bonchev–Trinajstić information content (AvgIpc) is 2.31. The molecule has 2 rings (SSSR count). The molecule has 88 valence electrons. The number of hydrogen-bond donors (Lipinski definition) is 1. The highest BCUT2D eigenvalue weighted by Gasteiger charge is 2.29. The fourth-order valence-electron chi connectivity index (χ4n) is 2.65. The van der Waals surface area contributed by atoms with Crippen LogP contribution in [-0.2, 0) is 0 Å². The van der Waals surface area contributed by atoms with E-state index < -0.39 is 0 Å². The molecule has 0 radical (unpaired) electrons. The van der Waals surface area contributed by atoms with Gasteiger partial charge in [-0.05, 0) is 50.0 Å². The Morgan fingerprint density at radius 3 is 2.88 bits per heavy atom. The number of nitrogens with zero attached hydrogens (tertiary/aromatic N) is 2. The molecule has 1 saturated heterocycles. The van der Waals surface area contributed by atoms with Gasteiger partial charge in [0, 0.05) is 24.5 Å². The SMILES string of the molecule is CCCN1CCCC(N)C1c1ccncc1. The summed E-state index contributed by atoms with van der Waals surface area (Å²) >= 11 is 0. The summed E-state index contributed by atoms with van der Waals surface area (Å²) in [4.78, 5) is 6.59. The highest BCUT2D eigenvalue weighted by atomic mass is 15.2. The molecule has 1 aliphatic rings. The lowest BCUT2D eigenvalue weighted by Gasteiger charge is -2.40. The summed E-state index contributed by atoms with van der Waals surface area (Å²) in [7, 11) is 0. The van der Waals surface area contributed by atoms with Gasteiger partial charge in [0.2, 0.25) is 0 Å². The Hall–Kier alpha value is -0.930. The molecular weight excluding hydrogens is 198 g/mol. The van der Waals surface area contributed by atoms with Crippen molar-refractivity contribution in [2.45, 2.75) is 38.3 Å². The van der Waals surface area contributed by atoms with Crippen LogP contribution in [0.5, 0.6) is 0 Å². The van der Waals surface area contributed by atoms with E-state index in [4.69, 9.17) is 5.73 Å². The van der Waals surface area contributed by atoms with Gasteiger partial charge in [-0.25, -0.2) is 0 Å². The quantitative estimate of drug-likeness (QED) is 0.845. The van der Waals surface area contributed by atoms with Gasteiger partial charge >= 0.3 is 0 Å². The fraction of sp³-hybridized carbons (Fsp3) is 0.615. The number of hydrogen-bond acceptors (Lipinski definition) is 3. The first kappa shape index (κ1) is 11.6. The molecule has 2 unspecified atom stereocenters. The van der Waals surface area contributed by atoms with Crippen molar-refractivity contribution in [3.8, 4) is 0 Å². The third kappa shape index (κ3) is 2.42. The predicted molar refractivity (Wildman–Crippen MR) is 66.1 cm³/mol. The molecule has 1 aromatic heterocycles. The van der Waals surface area contributed by atoms with E-state index in [-0.39, 0.29) is 6.04 Å². The first-order valence-electron chi connectivity index (χ1n) is 6.22. The number of pyridine rings is 1. The zero-order valence-electron chi connectivity index (χ0n) is 9.97. The van der Waals surface area contributed by atoms with Crippen LogP contribution in [0.3, 0.4) is 0 Å². The van der Waals surface area contributed by atoms with Gasteiger partial charge in [0.15, 0.2) is 0 Å². The molecule has 0 saturated carbocycles.